The third kappa shape index (κ3) is 4.89. The van der Waals surface area contributed by atoms with E-state index < -0.39 is 0 Å². The second kappa shape index (κ2) is 6.95. The van der Waals surface area contributed by atoms with Crippen LogP contribution in [-0.4, -0.2) is 23.2 Å². The molecule has 0 bridgehead atoms. The van der Waals surface area contributed by atoms with E-state index in [0.717, 1.165) is 12.8 Å². The van der Waals surface area contributed by atoms with E-state index in [-0.39, 0.29) is 24.0 Å². The highest BCUT2D eigenvalue weighted by atomic mass is 16.6. The molecule has 0 heterocycles. The van der Waals surface area contributed by atoms with Crippen LogP contribution in [0, 0.1) is 16.0 Å². The molecular weight excluding hydrogens is 206 g/mol. The molecule has 0 saturated carbocycles. The van der Waals surface area contributed by atoms with Crippen LogP contribution in [0.1, 0.15) is 18.4 Å². The van der Waals surface area contributed by atoms with Crippen molar-refractivity contribution in [1.82, 2.24) is 0 Å². The molecule has 1 aromatic carbocycles. The number of hydrogen-bond donors (Lipinski definition) is 1. The summed E-state index contributed by atoms with van der Waals surface area (Å²) in [5.74, 6) is -0.0276. The van der Waals surface area contributed by atoms with Crippen molar-refractivity contribution in [2.24, 2.45) is 5.92 Å². The van der Waals surface area contributed by atoms with Crippen LogP contribution < -0.4 is 0 Å². The first-order valence-corrected chi connectivity index (χ1v) is 5.49. The van der Waals surface area contributed by atoms with Gasteiger partial charge in [0.1, 0.15) is 0 Å². The topological polar surface area (TPSA) is 63.4 Å². The van der Waals surface area contributed by atoms with Gasteiger partial charge in [-0.15, -0.1) is 0 Å². The summed E-state index contributed by atoms with van der Waals surface area (Å²) >= 11 is 0. The van der Waals surface area contributed by atoms with Crippen molar-refractivity contribution in [1.29, 1.82) is 0 Å². The molecule has 1 rings (SSSR count). The molecule has 4 nitrogen and oxygen atoms in total. The molecule has 88 valence electrons. The van der Waals surface area contributed by atoms with Gasteiger partial charge in [0, 0.05) is 17.4 Å². The van der Waals surface area contributed by atoms with E-state index in [1.54, 1.807) is 0 Å². The minimum Gasteiger partial charge on any atom is -0.396 e. The van der Waals surface area contributed by atoms with Crippen LogP contribution in [0.3, 0.4) is 0 Å². The van der Waals surface area contributed by atoms with Crippen LogP contribution in [0.4, 0.5) is 0 Å². The molecule has 0 saturated heterocycles. The fourth-order valence-corrected chi connectivity index (χ4v) is 1.74. The van der Waals surface area contributed by atoms with E-state index >= 15 is 0 Å². The largest absolute Gasteiger partial charge is 0.396 e. The zero-order chi connectivity index (χ0) is 11.8. The summed E-state index contributed by atoms with van der Waals surface area (Å²) in [5, 5.41) is 19.2. The number of aliphatic hydroxyl groups excluding tert-OH is 1. The van der Waals surface area contributed by atoms with Crippen LogP contribution >= 0.6 is 0 Å². The quantitative estimate of drug-likeness (QED) is 0.567. The van der Waals surface area contributed by atoms with Crippen molar-refractivity contribution in [3.63, 3.8) is 0 Å². The van der Waals surface area contributed by atoms with E-state index in [0.29, 0.717) is 6.42 Å². The predicted octanol–water partition coefficient (Wildman–Crippen LogP) is 1.89. The van der Waals surface area contributed by atoms with Crippen molar-refractivity contribution in [2.75, 3.05) is 13.2 Å². The van der Waals surface area contributed by atoms with Crippen LogP contribution in [0.5, 0.6) is 0 Å². The Hall–Kier alpha value is -1.42. The maximum Gasteiger partial charge on any atom is 0.206 e. The van der Waals surface area contributed by atoms with Gasteiger partial charge in [-0.25, -0.2) is 0 Å². The summed E-state index contributed by atoms with van der Waals surface area (Å²) in [6, 6.07) is 9.91. The number of nitrogens with zero attached hydrogens (tertiary/aromatic N) is 1. The van der Waals surface area contributed by atoms with E-state index in [4.69, 9.17) is 5.11 Å². The van der Waals surface area contributed by atoms with Crippen molar-refractivity contribution in [3.8, 4) is 0 Å². The number of benzene rings is 1. The third-order valence-corrected chi connectivity index (χ3v) is 2.63. The van der Waals surface area contributed by atoms with Gasteiger partial charge < -0.3 is 5.11 Å². The van der Waals surface area contributed by atoms with Gasteiger partial charge in [0.05, 0.1) is 0 Å². The smallest absolute Gasteiger partial charge is 0.206 e. The summed E-state index contributed by atoms with van der Waals surface area (Å²) < 4.78 is 0. The maximum atomic E-state index is 10.4. The molecule has 0 fully saturated rings. The molecule has 0 radical (unpaired) electrons. The molecule has 16 heavy (non-hydrogen) atoms. The van der Waals surface area contributed by atoms with Crippen molar-refractivity contribution in [3.05, 3.63) is 46.0 Å². The summed E-state index contributed by atoms with van der Waals surface area (Å²) in [6.45, 7) is -0.0271. The molecule has 0 aliphatic rings. The fourth-order valence-electron chi connectivity index (χ4n) is 1.74. The molecular formula is C12H17NO3. The minimum absolute atomic E-state index is 0.0211. The second-order valence-electron chi connectivity index (χ2n) is 3.92. The Morgan fingerprint density at radius 3 is 2.50 bits per heavy atom. The predicted molar refractivity (Wildman–Crippen MR) is 61.8 cm³/mol. The van der Waals surface area contributed by atoms with Crippen molar-refractivity contribution in [2.45, 2.75) is 19.3 Å². The van der Waals surface area contributed by atoms with Gasteiger partial charge in [0.2, 0.25) is 6.54 Å². The van der Waals surface area contributed by atoms with Crippen molar-refractivity contribution >= 4 is 0 Å². The molecule has 1 aromatic rings. The Morgan fingerprint density at radius 1 is 1.25 bits per heavy atom. The Labute approximate surface area is 95.1 Å². The third-order valence-electron chi connectivity index (χ3n) is 2.63. The fraction of sp³-hybridized carbons (Fsp3) is 0.500. The van der Waals surface area contributed by atoms with E-state index in [2.05, 4.69) is 0 Å². The summed E-state index contributed by atoms with van der Waals surface area (Å²) in [5.41, 5.74) is 1.19. The number of nitro groups is 1. The monoisotopic (exact) mass is 223 g/mol. The highest BCUT2D eigenvalue weighted by molar-refractivity contribution is 5.14. The molecule has 0 aromatic heterocycles. The van der Waals surface area contributed by atoms with E-state index in [9.17, 15) is 10.1 Å². The van der Waals surface area contributed by atoms with Gasteiger partial charge in [-0.3, -0.25) is 10.1 Å². The average Bonchev–Trinajstić information content (AvgIpc) is 2.27. The molecule has 1 N–H and O–H groups in total. The normalized spacial score (nSPS) is 12.3. The lowest BCUT2D eigenvalue weighted by Gasteiger charge is -2.10. The maximum absolute atomic E-state index is 10.4. The van der Waals surface area contributed by atoms with E-state index in [1.807, 2.05) is 30.3 Å². The molecule has 0 aliphatic carbocycles. The van der Waals surface area contributed by atoms with Gasteiger partial charge in [-0.2, -0.15) is 0 Å². The first-order chi connectivity index (χ1) is 7.72. The Bertz CT molecular complexity index is 313. The highest BCUT2D eigenvalue weighted by Gasteiger charge is 2.14. The first kappa shape index (κ1) is 12.6. The Kier molecular flexibility index (Phi) is 5.50. The zero-order valence-corrected chi connectivity index (χ0v) is 9.21. The van der Waals surface area contributed by atoms with Gasteiger partial charge in [-0.05, 0) is 24.8 Å². The molecule has 0 aliphatic heterocycles. The highest BCUT2D eigenvalue weighted by Crippen LogP contribution is 2.13. The minimum atomic E-state index is -0.300. The number of aryl methyl sites for hydroxylation is 1. The lowest BCUT2D eigenvalue weighted by Crippen LogP contribution is -2.16. The zero-order valence-electron chi connectivity index (χ0n) is 9.21. The first-order valence-electron chi connectivity index (χ1n) is 5.49. The van der Waals surface area contributed by atoms with Crippen LogP contribution in [0.2, 0.25) is 0 Å². The SMILES string of the molecule is O=[N+]([O-])C[C@@H](CCO)CCc1ccccc1. The molecule has 0 amide bonds. The number of rotatable bonds is 7. The average molecular weight is 223 g/mol. The lowest BCUT2D eigenvalue weighted by molar-refractivity contribution is -0.488. The van der Waals surface area contributed by atoms with Crippen LogP contribution in [-0.2, 0) is 6.42 Å². The Morgan fingerprint density at radius 2 is 1.94 bits per heavy atom. The lowest BCUT2D eigenvalue weighted by atomic mass is 9.97. The molecule has 0 spiro atoms. The van der Waals surface area contributed by atoms with Crippen LogP contribution in [0.15, 0.2) is 30.3 Å². The summed E-state index contributed by atoms with van der Waals surface area (Å²) in [6.07, 6.45) is 2.10. The van der Waals surface area contributed by atoms with Gasteiger partial charge in [-0.1, -0.05) is 30.3 Å². The number of hydrogen-bond acceptors (Lipinski definition) is 3. The van der Waals surface area contributed by atoms with Gasteiger partial charge in [0.15, 0.2) is 0 Å². The summed E-state index contributed by atoms with van der Waals surface area (Å²) in [7, 11) is 0. The molecule has 0 unspecified atom stereocenters. The van der Waals surface area contributed by atoms with Crippen LogP contribution in [0.25, 0.3) is 0 Å². The van der Waals surface area contributed by atoms with Gasteiger partial charge >= 0.3 is 0 Å². The van der Waals surface area contributed by atoms with E-state index in [1.165, 1.54) is 5.56 Å². The second-order valence-corrected chi connectivity index (χ2v) is 3.92. The summed E-state index contributed by atoms with van der Waals surface area (Å²) in [4.78, 5) is 10.1. The van der Waals surface area contributed by atoms with Gasteiger partial charge in [0.25, 0.3) is 0 Å². The molecule has 4 heteroatoms. The number of aliphatic hydroxyl groups is 1. The molecule has 1 atom stereocenters. The Balaban J connectivity index is 2.40. The van der Waals surface area contributed by atoms with Crippen molar-refractivity contribution < 1.29 is 10.0 Å². The standard InChI is InChI=1S/C12H17NO3/c14-9-8-12(10-13(15)16)7-6-11-4-2-1-3-5-11/h1-5,12,14H,6-10H2/t12-/m1/s1.